The lowest BCUT2D eigenvalue weighted by molar-refractivity contribution is 0.321. The number of hydrogen-bond acceptors (Lipinski definition) is 4. The third-order valence-electron chi connectivity index (χ3n) is 3.17. The van der Waals surface area contributed by atoms with Crippen molar-refractivity contribution < 1.29 is 4.74 Å². The predicted octanol–water partition coefficient (Wildman–Crippen LogP) is 3.91. The van der Waals surface area contributed by atoms with Crippen LogP contribution in [0.25, 0.3) is 0 Å². The largest absolute Gasteiger partial charge is 0.493 e. The van der Waals surface area contributed by atoms with Crippen molar-refractivity contribution in [2.24, 2.45) is 5.73 Å². The molecule has 0 bridgehead atoms. The second kappa shape index (κ2) is 6.86. The van der Waals surface area contributed by atoms with Crippen molar-refractivity contribution in [3.05, 3.63) is 45.9 Å². The van der Waals surface area contributed by atoms with E-state index in [4.69, 9.17) is 10.5 Å². The average molecular weight is 290 g/mol. The number of benzene rings is 1. The van der Waals surface area contributed by atoms with Crippen LogP contribution in [0.4, 0.5) is 0 Å². The Morgan fingerprint density at radius 2 is 1.90 bits per heavy atom. The zero-order chi connectivity index (χ0) is 14.5. The van der Waals surface area contributed by atoms with Crippen LogP contribution in [0.2, 0.25) is 0 Å². The third kappa shape index (κ3) is 4.05. The van der Waals surface area contributed by atoms with Crippen molar-refractivity contribution in [1.82, 2.24) is 4.98 Å². The third-order valence-corrected chi connectivity index (χ3v) is 4.09. The highest BCUT2D eigenvalue weighted by atomic mass is 32.1. The van der Waals surface area contributed by atoms with Gasteiger partial charge in [0.05, 0.1) is 17.3 Å². The van der Waals surface area contributed by atoms with E-state index in [1.807, 2.05) is 24.4 Å². The molecule has 0 fully saturated rings. The monoisotopic (exact) mass is 290 g/mol. The molecule has 0 aliphatic rings. The Morgan fingerprint density at radius 1 is 1.20 bits per heavy atom. The van der Waals surface area contributed by atoms with Gasteiger partial charge in [0.15, 0.2) is 0 Å². The Hall–Kier alpha value is -1.39. The summed E-state index contributed by atoms with van der Waals surface area (Å²) in [4.78, 5) is 4.49. The molecule has 1 unspecified atom stereocenters. The molecule has 2 N–H and O–H groups in total. The number of nitrogens with two attached hydrogens (primary N) is 1. The van der Waals surface area contributed by atoms with E-state index >= 15 is 0 Å². The molecule has 2 aromatic rings. The minimum Gasteiger partial charge on any atom is -0.493 e. The molecule has 1 heterocycles. The Labute approximate surface area is 124 Å². The molecule has 0 aliphatic heterocycles. The Kier molecular flexibility index (Phi) is 5.15. The van der Waals surface area contributed by atoms with Gasteiger partial charge >= 0.3 is 0 Å². The average Bonchev–Trinajstić information content (AvgIpc) is 2.88. The minimum atomic E-state index is 0.00416. The predicted molar refractivity (Wildman–Crippen MR) is 84.4 cm³/mol. The highest BCUT2D eigenvalue weighted by Gasteiger charge is 2.06. The standard InChI is InChI=1S/C16H22N2OS/c1-11(2)13-4-6-14(7-5-13)19-9-8-16-18-15(10-20-16)12(3)17/h4-7,10-12H,8-9,17H2,1-3H3. The molecule has 0 radical (unpaired) electrons. The number of ether oxygens (including phenoxy) is 1. The smallest absolute Gasteiger partial charge is 0.119 e. The first-order chi connectivity index (χ1) is 9.56. The van der Waals surface area contributed by atoms with E-state index in [0.29, 0.717) is 12.5 Å². The Bertz CT molecular complexity index is 532. The van der Waals surface area contributed by atoms with Gasteiger partial charge in [-0.2, -0.15) is 0 Å². The topological polar surface area (TPSA) is 48.1 Å². The van der Waals surface area contributed by atoms with Crippen LogP contribution in [0, 0.1) is 0 Å². The number of thiazole rings is 1. The molecule has 0 aliphatic carbocycles. The lowest BCUT2D eigenvalue weighted by Crippen LogP contribution is -2.06. The zero-order valence-corrected chi connectivity index (χ0v) is 13.1. The van der Waals surface area contributed by atoms with E-state index in [0.717, 1.165) is 22.9 Å². The molecule has 3 nitrogen and oxygen atoms in total. The fourth-order valence-corrected chi connectivity index (χ4v) is 2.74. The normalized spacial score (nSPS) is 12.7. The first kappa shape index (κ1) is 15.0. The molecule has 4 heteroatoms. The lowest BCUT2D eigenvalue weighted by atomic mass is 10.0. The quantitative estimate of drug-likeness (QED) is 0.877. The van der Waals surface area contributed by atoms with Crippen LogP contribution >= 0.6 is 11.3 Å². The Morgan fingerprint density at radius 3 is 2.45 bits per heavy atom. The van der Waals surface area contributed by atoms with Crippen LogP contribution in [0.3, 0.4) is 0 Å². The van der Waals surface area contributed by atoms with Crippen LogP contribution in [0.15, 0.2) is 29.6 Å². The van der Waals surface area contributed by atoms with E-state index < -0.39 is 0 Å². The van der Waals surface area contributed by atoms with Gasteiger partial charge < -0.3 is 10.5 Å². The number of nitrogens with zero attached hydrogens (tertiary/aromatic N) is 1. The maximum Gasteiger partial charge on any atom is 0.119 e. The maximum atomic E-state index is 5.80. The summed E-state index contributed by atoms with van der Waals surface area (Å²) < 4.78 is 5.75. The molecule has 0 saturated heterocycles. The minimum absolute atomic E-state index is 0.00416. The summed E-state index contributed by atoms with van der Waals surface area (Å²) >= 11 is 1.65. The van der Waals surface area contributed by atoms with Gasteiger partial charge in [0.1, 0.15) is 5.75 Å². The van der Waals surface area contributed by atoms with Crippen LogP contribution in [-0.2, 0) is 6.42 Å². The molecule has 108 valence electrons. The molecular formula is C16H22N2OS. The summed E-state index contributed by atoms with van der Waals surface area (Å²) in [5, 5.41) is 3.10. The van der Waals surface area contributed by atoms with Crippen molar-refractivity contribution in [1.29, 1.82) is 0 Å². The summed E-state index contributed by atoms with van der Waals surface area (Å²) in [5.74, 6) is 1.47. The Balaban J connectivity index is 1.83. The number of hydrogen-bond donors (Lipinski definition) is 1. The van der Waals surface area contributed by atoms with Crippen molar-refractivity contribution >= 4 is 11.3 Å². The number of aromatic nitrogens is 1. The molecular weight excluding hydrogens is 268 g/mol. The van der Waals surface area contributed by atoms with Crippen molar-refractivity contribution in [3.63, 3.8) is 0 Å². The van der Waals surface area contributed by atoms with Crippen LogP contribution in [0.5, 0.6) is 5.75 Å². The summed E-state index contributed by atoms with van der Waals surface area (Å²) in [6, 6.07) is 8.31. The van der Waals surface area contributed by atoms with Gasteiger partial charge in [-0.25, -0.2) is 4.98 Å². The van der Waals surface area contributed by atoms with Gasteiger partial charge in [-0.1, -0.05) is 26.0 Å². The van der Waals surface area contributed by atoms with Gasteiger partial charge in [-0.05, 0) is 30.5 Å². The first-order valence-electron chi connectivity index (χ1n) is 6.99. The highest BCUT2D eigenvalue weighted by molar-refractivity contribution is 7.09. The SMILES string of the molecule is CC(C)c1ccc(OCCc2nc(C(C)N)cs2)cc1. The van der Waals surface area contributed by atoms with E-state index in [1.165, 1.54) is 5.56 Å². The van der Waals surface area contributed by atoms with Gasteiger partial charge in [-0.3, -0.25) is 0 Å². The molecule has 0 saturated carbocycles. The van der Waals surface area contributed by atoms with Gasteiger partial charge in [0.25, 0.3) is 0 Å². The van der Waals surface area contributed by atoms with Crippen LogP contribution in [0.1, 0.15) is 49.0 Å². The summed E-state index contributed by atoms with van der Waals surface area (Å²) in [5.41, 5.74) is 8.09. The molecule has 1 atom stereocenters. The van der Waals surface area contributed by atoms with Gasteiger partial charge in [0.2, 0.25) is 0 Å². The van der Waals surface area contributed by atoms with E-state index in [9.17, 15) is 0 Å². The fourth-order valence-electron chi connectivity index (χ4n) is 1.85. The molecule has 2 rings (SSSR count). The first-order valence-corrected chi connectivity index (χ1v) is 7.87. The van der Waals surface area contributed by atoms with Gasteiger partial charge in [0, 0.05) is 17.8 Å². The summed E-state index contributed by atoms with van der Waals surface area (Å²) in [6.45, 7) is 6.97. The zero-order valence-electron chi connectivity index (χ0n) is 12.3. The number of rotatable bonds is 6. The molecule has 1 aromatic carbocycles. The van der Waals surface area contributed by atoms with E-state index in [-0.39, 0.29) is 6.04 Å². The van der Waals surface area contributed by atoms with Crippen LogP contribution < -0.4 is 10.5 Å². The molecule has 20 heavy (non-hydrogen) atoms. The molecule has 0 spiro atoms. The van der Waals surface area contributed by atoms with E-state index in [2.05, 4.69) is 31.0 Å². The maximum absolute atomic E-state index is 5.80. The second-order valence-corrected chi connectivity index (χ2v) is 6.22. The van der Waals surface area contributed by atoms with Crippen molar-refractivity contribution in [2.45, 2.75) is 39.2 Å². The summed E-state index contributed by atoms with van der Waals surface area (Å²) in [7, 11) is 0. The lowest BCUT2D eigenvalue weighted by Gasteiger charge is -2.08. The van der Waals surface area contributed by atoms with Gasteiger partial charge in [-0.15, -0.1) is 11.3 Å². The van der Waals surface area contributed by atoms with E-state index in [1.54, 1.807) is 11.3 Å². The van der Waals surface area contributed by atoms with Crippen LogP contribution in [-0.4, -0.2) is 11.6 Å². The molecule has 0 amide bonds. The highest BCUT2D eigenvalue weighted by Crippen LogP contribution is 2.19. The molecule has 1 aromatic heterocycles. The fraction of sp³-hybridized carbons (Fsp3) is 0.438. The van der Waals surface area contributed by atoms with Crippen molar-refractivity contribution in [3.8, 4) is 5.75 Å². The summed E-state index contributed by atoms with van der Waals surface area (Å²) in [6.07, 6.45) is 0.823. The van der Waals surface area contributed by atoms with Crippen molar-refractivity contribution in [2.75, 3.05) is 6.61 Å². The second-order valence-electron chi connectivity index (χ2n) is 5.28.